The van der Waals surface area contributed by atoms with Crippen LogP contribution in [0, 0.1) is 0 Å². The van der Waals surface area contributed by atoms with Crippen LogP contribution in [0.3, 0.4) is 0 Å². The molecule has 8 heteroatoms. The molecule has 0 saturated carbocycles. The third kappa shape index (κ3) is 5.35. The summed E-state index contributed by atoms with van der Waals surface area (Å²) in [6.45, 7) is 7.30. The average Bonchev–Trinajstić information content (AvgIpc) is 2.58. The van der Waals surface area contributed by atoms with E-state index in [1.54, 1.807) is 13.2 Å². The maximum absolute atomic E-state index is 12.7. The average molecular weight is 439 g/mol. The van der Waals surface area contributed by atoms with Crippen LogP contribution in [0.2, 0.25) is 10.0 Å². The number of carbonyl (C=O) groups is 1. The number of halogens is 3. The lowest BCUT2D eigenvalue weighted by Gasteiger charge is -2.46. The minimum atomic E-state index is -0.264. The van der Waals surface area contributed by atoms with Gasteiger partial charge in [0.05, 0.1) is 18.2 Å². The molecule has 1 aliphatic rings. The summed E-state index contributed by atoms with van der Waals surface area (Å²) in [5.41, 5.74) is 0.846. The summed E-state index contributed by atoms with van der Waals surface area (Å²) in [4.78, 5) is 16.9. The first-order valence-electron chi connectivity index (χ1n) is 8.85. The molecule has 2 unspecified atom stereocenters. The number of hydrogen-bond donors (Lipinski definition) is 1. The summed E-state index contributed by atoms with van der Waals surface area (Å²) in [7, 11) is 5.53. The molecule has 1 aliphatic heterocycles. The number of hydrogen-bond acceptors (Lipinski definition) is 3. The molecule has 0 aromatic heterocycles. The number of carbonyl (C=O) groups excluding carboxylic acids is 1. The fourth-order valence-electron chi connectivity index (χ4n) is 3.38. The highest BCUT2D eigenvalue weighted by Crippen LogP contribution is 2.37. The number of nitrogens with one attached hydrogen (secondary N) is 1. The Hall–Kier alpha value is -0.880. The number of benzene rings is 1. The first-order chi connectivity index (χ1) is 12.1. The highest BCUT2D eigenvalue weighted by atomic mass is 35.5. The number of methoxy groups -OCH3 is 1. The van der Waals surface area contributed by atoms with Crippen LogP contribution in [-0.2, 0) is 0 Å². The maximum Gasteiger partial charge on any atom is 0.317 e. The Bertz CT molecular complexity index is 670. The molecule has 1 saturated heterocycles. The number of piperidine rings is 1. The molecule has 2 amide bonds. The Morgan fingerprint density at radius 3 is 2.56 bits per heavy atom. The van der Waals surface area contributed by atoms with Gasteiger partial charge in [-0.25, -0.2) is 4.79 Å². The van der Waals surface area contributed by atoms with E-state index >= 15 is 0 Å². The van der Waals surface area contributed by atoms with E-state index < -0.39 is 0 Å². The summed E-state index contributed by atoms with van der Waals surface area (Å²) < 4.78 is 5.17. The second-order valence-electron chi connectivity index (χ2n) is 7.65. The van der Waals surface area contributed by atoms with Crippen LogP contribution in [0.1, 0.15) is 45.2 Å². The maximum atomic E-state index is 12.7. The zero-order valence-corrected chi connectivity index (χ0v) is 19.1. The molecule has 154 valence electrons. The smallest absolute Gasteiger partial charge is 0.317 e. The molecule has 0 aliphatic carbocycles. The van der Waals surface area contributed by atoms with Crippen molar-refractivity contribution in [3.63, 3.8) is 0 Å². The number of ether oxygens (including phenoxy) is 1. The van der Waals surface area contributed by atoms with Crippen LogP contribution < -0.4 is 10.1 Å². The molecule has 0 spiro atoms. The number of urea groups is 1. The molecule has 0 bridgehead atoms. The largest absolute Gasteiger partial charge is 0.495 e. The summed E-state index contributed by atoms with van der Waals surface area (Å²) in [5, 5.41) is 3.79. The second-order valence-corrected chi connectivity index (χ2v) is 8.40. The molecule has 1 fully saturated rings. The summed E-state index contributed by atoms with van der Waals surface area (Å²) in [6, 6.07) is 3.43. The van der Waals surface area contributed by atoms with E-state index in [0.29, 0.717) is 15.8 Å². The van der Waals surface area contributed by atoms with Gasteiger partial charge in [0.25, 0.3) is 0 Å². The number of rotatable bonds is 4. The van der Waals surface area contributed by atoms with Crippen LogP contribution in [0.15, 0.2) is 12.1 Å². The minimum Gasteiger partial charge on any atom is -0.495 e. The Morgan fingerprint density at radius 2 is 2.00 bits per heavy atom. The molecule has 5 nitrogen and oxygen atoms in total. The Labute approximate surface area is 178 Å². The first-order valence-corrected chi connectivity index (χ1v) is 9.60. The summed E-state index contributed by atoms with van der Waals surface area (Å²) in [6.07, 6.45) is 1.91. The van der Waals surface area contributed by atoms with E-state index in [-0.39, 0.29) is 36.1 Å². The molecule has 1 heterocycles. The van der Waals surface area contributed by atoms with Gasteiger partial charge >= 0.3 is 6.03 Å². The Balaban J connectivity index is 0.00000364. The molecule has 1 aromatic rings. The predicted molar refractivity (Wildman–Crippen MR) is 115 cm³/mol. The van der Waals surface area contributed by atoms with Gasteiger partial charge in [0.2, 0.25) is 0 Å². The highest BCUT2D eigenvalue weighted by molar-refractivity contribution is 6.43. The molecular weight excluding hydrogens is 409 g/mol. The van der Waals surface area contributed by atoms with E-state index in [9.17, 15) is 4.79 Å². The first kappa shape index (κ1) is 24.2. The monoisotopic (exact) mass is 437 g/mol. The minimum absolute atomic E-state index is 0. The fourth-order valence-corrected chi connectivity index (χ4v) is 3.95. The summed E-state index contributed by atoms with van der Waals surface area (Å²) >= 11 is 12.6. The molecule has 1 aromatic carbocycles. The van der Waals surface area contributed by atoms with Crippen LogP contribution >= 0.6 is 35.6 Å². The van der Waals surface area contributed by atoms with Crippen molar-refractivity contribution in [1.82, 2.24) is 15.1 Å². The van der Waals surface area contributed by atoms with Crippen molar-refractivity contribution < 1.29 is 9.53 Å². The zero-order chi connectivity index (χ0) is 19.6. The van der Waals surface area contributed by atoms with Gasteiger partial charge in [-0.3, -0.25) is 0 Å². The van der Waals surface area contributed by atoms with Gasteiger partial charge in [0.1, 0.15) is 10.8 Å². The van der Waals surface area contributed by atoms with Crippen molar-refractivity contribution in [1.29, 1.82) is 0 Å². The number of nitrogens with zero attached hydrogens (tertiary/aromatic N) is 2. The SMILES string of the molecule is COc1ccc(C(C)NC(=O)N(C)C2CCN(C)C(C)(C)C2)c(Cl)c1Cl.Cl. The Kier molecular flexibility index (Phi) is 8.54. The standard InChI is InChI=1S/C19H29Cl2N3O2.ClH/c1-12(14-7-8-15(26-6)17(21)16(14)20)22-18(25)24(5)13-9-10-23(4)19(2,3)11-13;/h7-8,12-13H,9-11H2,1-6H3,(H,22,25);1H. The van der Waals surface area contributed by atoms with Crippen LogP contribution in [0.4, 0.5) is 4.79 Å². The molecular formula is C19H30Cl3N3O2. The Morgan fingerprint density at radius 1 is 1.37 bits per heavy atom. The van der Waals surface area contributed by atoms with Gasteiger partial charge < -0.3 is 19.9 Å². The topological polar surface area (TPSA) is 44.8 Å². The van der Waals surface area contributed by atoms with E-state index in [1.807, 2.05) is 24.9 Å². The van der Waals surface area contributed by atoms with E-state index in [1.165, 1.54) is 0 Å². The van der Waals surface area contributed by atoms with Gasteiger partial charge in [-0.1, -0.05) is 29.3 Å². The van der Waals surface area contributed by atoms with E-state index in [2.05, 4.69) is 31.1 Å². The lowest BCUT2D eigenvalue weighted by atomic mass is 9.87. The van der Waals surface area contributed by atoms with Crippen molar-refractivity contribution in [2.24, 2.45) is 0 Å². The lowest BCUT2D eigenvalue weighted by Crippen LogP contribution is -2.55. The third-order valence-corrected chi connectivity index (χ3v) is 6.42. The molecule has 27 heavy (non-hydrogen) atoms. The molecule has 1 N–H and O–H groups in total. The highest BCUT2D eigenvalue weighted by Gasteiger charge is 2.35. The van der Waals surface area contributed by atoms with Crippen LogP contribution in [-0.4, -0.2) is 55.2 Å². The van der Waals surface area contributed by atoms with Gasteiger partial charge in [-0.2, -0.15) is 0 Å². The van der Waals surface area contributed by atoms with Crippen molar-refractivity contribution >= 4 is 41.6 Å². The third-order valence-electron chi connectivity index (χ3n) is 5.54. The quantitative estimate of drug-likeness (QED) is 0.719. The van der Waals surface area contributed by atoms with Crippen molar-refractivity contribution in [2.75, 3.05) is 27.7 Å². The van der Waals surface area contributed by atoms with Crippen LogP contribution in [0.5, 0.6) is 5.75 Å². The normalized spacial score (nSPS) is 20.4. The van der Waals surface area contributed by atoms with Crippen molar-refractivity contribution in [3.05, 3.63) is 27.7 Å². The fraction of sp³-hybridized carbons (Fsp3) is 0.632. The number of amides is 2. The second kappa shape index (κ2) is 9.55. The molecule has 0 radical (unpaired) electrons. The predicted octanol–water partition coefficient (Wildman–Crippen LogP) is 5.00. The number of likely N-dealkylation sites (tertiary alicyclic amines) is 1. The molecule has 2 rings (SSSR count). The lowest BCUT2D eigenvalue weighted by molar-refractivity contribution is 0.0555. The van der Waals surface area contributed by atoms with Crippen LogP contribution in [0.25, 0.3) is 0 Å². The zero-order valence-electron chi connectivity index (χ0n) is 16.8. The van der Waals surface area contributed by atoms with Crippen molar-refractivity contribution in [2.45, 2.75) is 51.2 Å². The van der Waals surface area contributed by atoms with Gasteiger partial charge in [0.15, 0.2) is 0 Å². The van der Waals surface area contributed by atoms with Crippen molar-refractivity contribution in [3.8, 4) is 5.75 Å². The summed E-state index contributed by atoms with van der Waals surface area (Å²) in [5.74, 6) is 0.518. The van der Waals surface area contributed by atoms with E-state index in [0.717, 1.165) is 24.9 Å². The van der Waals surface area contributed by atoms with Gasteiger partial charge in [0, 0.05) is 25.2 Å². The molecule has 2 atom stereocenters. The van der Waals surface area contributed by atoms with Gasteiger partial charge in [-0.15, -0.1) is 12.4 Å². The van der Waals surface area contributed by atoms with E-state index in [4.69, 9.17) is 27.9 Å². The van der Waals surface area contributed by atoms with Gasteiger partial charge in [-0.05, 0) is 52.3 Å².